The summed E-state index contributed by atoms with van der Waals surface area (Å²) in [5, 5.41) is 15.2. The van der Waals surface area contributed by atoms with Gasteiger partial charge < -0.3 is 33.8 Å². The van der Waals surface area contributed by atoms with E-state index in [1.807, 2.05) is 52.0 Å². The fourth-order valence-corrected chi connectivity index (χ4v) is 7.48. The van der Waals surface area contributed by atoms with Crippen LogP contribution in [0, 0.1) is 17.4 Å². The molecule has 2 aliphatic rings. The number of nitrogens with one attached hydrogen (secondary N) is 1. The second-order valence-electron chi connectivity index (χ2n) is 15.0. The van der Waals surface area contributed by atoms with Crippen molar-refractivity contribution in [3.8, 4) is 17.2 Å². The molecule has 232 valence electrons. The van der Waals surface area contributed by atoms with Crippen LogP contribution in [0.1, 0.15) is 55.4 Å². The summed E-state index contributed by atoms with van der Waals surface area (Å²) in [5.74, 6) is 3.16. The van der Waals surface area contributed by atoms with E-state index in [1.54, 1.807) is 7.11 Å². The lowest BCUT2D eigenvalue weighted by Gasteiger charge is -2.52. The van der Waals surface area contributed by atoms with Crippen LogP contribution in [-0.4, -0.2) is 76.6 Å². The summed E-state index contributed by atoms with van der Waals surface area (Å²) in [6, 6.07) is 7.80. The Morgan fingerprint density at radius 3 is 2.05 bits per heavy atom. The molecule has 1 aromatic rings. The maximum atomic E-state index is 11.6. The number of benzene rings is 1. The average Bonchev–Trinajstić information content (AvgIpc) is 3.15. The van der Waals surface area contributed by atoms with E-state index >= 15 is 0 Å². The van der Waals surface area contributed by atoms with Crippen molar-refractivity contribution in [2.45, 2.75) is 141 Å². The molecule has 0 aliphatic carbocycles. The van der Waals surface area contributed by atoms with Crippen molar-refractivity contribution in [1.82, 2.24) is 0 Å². The van der Waals surface area contributed by atoms with Crippen molar-refractivity contribution in [3.63, 3.8) is 0 Å². The van der Waals surface area contributed by atoms with Crippen molar-refractivity contribution >= 4 is 22.1 Å². The highest BCUT2D eigenvalue weighted by Crippen LogP contribution is 2.46. The van der Waals surface area contributed by atoms with Gasteiger partial charge in [-0.25, -0.2) is 0 Å². The van der Waals surface area contributed by atoms with Crippen molar-refractivity contribution in [2.24, 2.45) is 5.92 Å². The molecule has 2 aliphatic heterocycles. The normalized spacial score (nSPS) is 29.4. The summed E-state index contributed by atoms with van der Waals surface area (Å²) < 4.78 is 32.3. The Hall–Kier alpha value is -1.39. The fraction of sp³-hybridized carbons (Fsp3) is 0.750. The zero-order chi connectivity index (χ0) is 31.2. The van der Waals surface area contributed by atoms with Gasteiger partial charge in [0.2, 0.25) is 0 Å². The van der Waals surface area contributed by atoms with Gasteiger partial charge in [0.25, 0.3) is 0 Å². The van der Waals surface area contributed by atoms with Crippen LogP contribution in [0.4, 0.5) is 5.69 Å². The van der Waals surface area contributed by atoms with Crippen molar-refractivity contribution in [2.75, 3.05) is 12.4 Å². The van der Waals surface area contributed by atoms with Crippen molar-refractivity contribution < 1.29 is 28.5 Å². The topological polar surface area (TPSA) is 78.4 Å². The molecule has 0 unspecified atom stereocenters. The van der Waals surface area contributed by atoms with Gasteiger partial charge in [-0.3, -0.25) is 0 Å². The highest BCUT2D eigenvalue weighted by atomic mass is 28.4. The Morgan fingerprint density at radius 2 is 1.56 bits per heavy atom. The third-order valence-electron chi connectivity index (χ3n) is 8.61. The van der Waals surface area contributed by atoms with Gasteiger partial charge in [0.1, 0.15) is 37.7 Å². The van der Waals surface area contributed by atoms with E-state index in [4.69, 9.17) is 23.4 Å². The molecule has 2 heterocycles. The standard InChI is InChI=1S/C32H55NO6Si2/c1-21(34)25(32(8,19-20-40(10,11)12)33-23-15-17-24(35-9)18-16-23)27-29(39-41(13,14)30(3,4)5)28-26(22(2)36-27)37-31(6,7)38-28/h15-18,21-22,25-29,33-34H,1-14H3/t21-,22-,25+,26+,27+,28+,29+,32-/m0/s1. The number of rotatable bonds is 8. The predicted octanol–water partition coefficient (Wildman–Crippen LogP) is 6.44. The number of anilines is 1. The Balaban J connectivity index is 2.17. The lowest BCUT2D eigenvalue weighted by Crippen LogP contribution is -2.66. The maximum Gasteiger partial charge on any atom is 0.192 e. The molecule has 1 aromatic carbocycles. The first-order valence-corrected chi connectivity index (χ1v) is 21.3. The minimum atomic E-state index is -2.30. The van der Waals surface area contributed by atoms with Crippen LogP contribution in [0.25, 0.3) is 0 Å². The number of hydrogen-bond donors (Lipinski definition) is 2. The fourth-order valence-electron chi connectivity index (χ4n) is 5.54. The van der Waals surface area contributed by atoms with Crippen LogP contribution < -0.4 is 10.1 Å². The summed E-state index contributed by atoms with van der Waals surface area (Å²) >= 11 is 0. The molecular weight excluding hydrogens is 551 g/mol. The van der Waals surface area contributed by atoms with Crippen LogP contribution in [-0.2, 0) is 18.6 Å². The minimum absolute atomic E-state index is 0.0340. The summed E-state index contributed by atoms with van der Waals surface area (Å²) in [4.78, 5) is 0. The highest BCUT2D eigenvalue weighted by Gasteiger charge is 2.60. The largest absolute Gasteiger partial charge is 0.497 e. The van der Waals surface area contributed by atoms with E-state index in [9.17, 15) is 5.11 Å². The lowest BCUT2D eigenvalue weighted by atomic mass is 9.74. The Bertz CT molecular complexity index is 1100. The van der Waals surface area contributed by atoms with Crippen LogP contribution in [0.15, 0.2) is 24.3 Å². The van der Waals surface area contributed by atoms with Crippen LogP contribution in [0.5, 0.6) is 5.75 Å². The number of hydrogen-bond acceptors (Lipinski definition) is 7. The molecule has 3 rings (SSSR count). The second kappa shape index (κ2) is 11.9. The average molecular weight is 606 g/mol. The minimum Gasteiger partial charge on any atom is -0.497 e. The van der Waals surface area contributed by atoms with E-state index in [2.05, 4.69) is 77.2 Å². The first-order chi connectivity index (χ1) is 18.6. The molecule has 0 spiro atoms. The quantitative estimate of drug-likeness (QED) is 0.261. The lowest BCUT2D eigenvalue weighted by molar-refractivity contribution is -0.206. The van der Waals surface area contributed by atoms with Crippen LogP contribution in [0.2, 0.25) is 37.8 Å². The molecule has 8 atom stereocenters. The molecule has 2 saturated heterocycles. The molecule has 9 heteroatoms. The first-order valence-electron chi connectivity index (χ1n) is 14.9. The number of methoxy groups -OCH3 is 1. The number of ether oxygens (including phenoxy) is 4. The molecule has 0 aromatic heterocycles. The number of fused-ring (bicyclic) bond motifs is 1. The molecule has 2 N–H and O–H groups in total. The smallest absolute Gasteiger partial charge is 0.192 e. The summed E-state index contributed by atoms with van der Waals surface area (Å²) in [7, 11) is -2.42. The van der Waals surface area contributed by atoms with Gasteiger partial charge in [0, 0.05) is 11.6 Å². The van der Waals surface area contributed by atoms with Crippen LogP contribution in [0.3, 0.4) is 0 Å². The first kappa shape index (κ1) is 34.1. The van der Waals surface area contributed by atoms with E-state index in [-0.39, 0.29) is 23.4 Å². The molecule has 0 saturated carbocycles. The van der Waals surface area contributed by atoms with E-state index < -0.39 is 51.9 Å². The predicted molar refractivity (Wildman–Crippen MR) is 172 cm³/mol. The second-order valence-corrected chi connectivity index (χ2v) is 24.5. The van der Waals surface area contributed by atoms with Crippen LogP contribution >= 0.6 is 0 Å². The van der Waals surface area contributed by atoms with Gasteiger partial charge in [-0.15, -0.1) is 5.54 Å². The molecule has 2 fully saturated rings. The SMILES string of the molecule is COc1ccc(N[C@@](C)(C#C[Si](C)(C)C)[C@@H]([C@H]2O[C@@H](C)[C@H]3OC(C)(C)O[C@H]3[C@@H]2O[Si](C)(C)C(C)(C)C)[C@H](C)O)cc1. The Labute approximate surface area is 251 Å². The molecule has 41 heavy (non-hydrogen) atoms. The number of aliphatic hydroxyl groups excluding tert-OH is 1. The van der Waals surface area contributed by atoms with Gasteiger partial charge in [0.15, 0.2) is 14.1 Å². The maximum absolute atomic E-state index is 11.6. The van der Waals surface area contributed by atoms with Gasteiger partial charge in [-0.2, -0.15) is 0 Å². The van der Waals surface area contributed by atoms with Gasteiger partial charge in [-0.1, -0.05) is 46.3 Å². The molecule has 7 nitrogen and oxygen atoms in total. The van der Waals surface area contributed by atoms with E-state index in [0.29, 0.717) is 0 Å². The molecule has 0 bridgehead atoms. The van der Waals surface area contributed by atoms with Gasteiger partial charge >= 0.3 is 0 Å². The Morgan fingerprint density at radius 1 is 1.00 bits per heavy atom. The third kappa shape index (κ3) is 7.97. The van der Waals surface area contributed by atoms with Gasteiger partial charge in [0.05, 0.1) is 25.4 Å². The van der Waals surface area contributed by atoms with Gasteiger partial charge in [-0.05, 0) is 77.0 Å². The molecule has 0 radical (unpaired) electrons. The zero-order valence-corrected chi connectivity index (χ0v) is 29.8. The van der Waals surface area contributed by atoms with E-state index in [1.165, 1.54) is 0 Å². The molecule has 0 amide bonds. The number of aliphatic hydroxyl groups is 1. The summed E-state index contributed by atoms with van der Waals surface area (Å²) in [5.41, 5.74) is 3.61. The molecular formula is C32H55NO6Si2. The van der Waals surface area contributed by atoms with Crippen molar-refractivity contribution in [3.05, 3.63) is 24.3 Å². The highest BCUT2D eigenvalue weighted by molar-refractivity contribution is 6.83. The monoisotopic (exact) mass is 605 g/mol. The zero-order valence-electron chi connectivity index (χ0n) is 27.8. The van der Waals surface area contributed by atoms with Crippen molar-refractivity contribution in [1.29, 1.82) is 0 Å². The summed E-state index contributed by atoms with van der Waals surface area (Å²) in [6.45, 7) is 27.7. The summed E-state index contributed by atoms with van der Waals surface area (Å²) in [6.07, 6.45) is -2.61. The van der Waals surface area contributed by atoms with E-state index in [0.717, 1.165) is 11.4 Å². The third-order valence-corrected chi connectivity index (χ3v) is 14.0. The Kier molecular flexibility index (Phi) is 9.94.